The summed E-state index contributed by atoms with van der Waals surface area (Å²) in [5, 5.41) is 12.6. The van der Waals surface area contributed by atoms with Gasteiger partial charge in [0.2, 0.25) is 10.0 Å². The molecule has 2 aromatic carbocycles. The van der Waals surface area contributed by atoms with E-state index in [1.165, 1.54) is 0 Å². The summed E-state index contributed by atoms with van der Waals surface area (Å²) in [5.41, 5.74) is 3.39. The van der Waals surface area contributed by atoms with Crippen molar-refractivity contribution >= 4 is 21.4 Å². The highest BCUT2D eigenvalue weighted by molar-refractivity contribution is 7.92. The molecule has 0 fully saturated rings. The number of hydrogen-bond donors (Lipinski definition) is 3. The molecule has 0 aliphatic heterocycles. The van der Waals surface area contributed by atoms with Gasteiger partial charge in [0, 0.05) is 17.4 Å². The number of aliphatic hydroxyl groups excluding tert-OH is 1. The van der Waals surface area contributed by atoms with Crippen molar-refractivity contribution in [2.75, 3.05) is 15.8 Å². The van der Waals surface area contributed by atoms with Gasteiger partial charge in [-0.25, -0.2) is 8.42 Å². The van der Waals surface area contributed by atoms with Crippen molar-refractivity contribution in [3.63, 3.8) is 0 Å². The molecular weight excluding hydrogens is 312 g/mol. The lowest BCUT2D eigenvalue weighted by atomic mass is 10.1. The van der Waals surface area contributed by atoms with E-state index < -0.39 is 10.0 Å². The van der Waals surface area contributed by atoms with Crippen LogP contribution in [0.2, 0.25) is 0 Å². The van der Waals surface area contributed by atoms with E-state index in [9.17, 15) is 13.5 Å². The normalized spacial score (nSPS) is 12.7. The van der Waals surface area contributed by atoms with E-state index in [2.05, 4.69) is 10.0 Å². The van der Waals surface area contributed by atoms with Crippen LogP contribution < -0.4 is 10.0 Å². The van der Waals surface area contributed by atoms with Crippen LogP contribution in [0.5, 0.6) is 0 Å². The lowest BCUT2D eigenvalue weighted by Gasteiger charge is -2.17. The minimum atomic E-state index is -3.25. The van der Waals surface area contributed by atoms with Gasteiger partial charge in [-0.3, -0.25) is 4.72 Å². The van der Waals surface area contributed by atoms with Crippen molar-refractivity contribution in [3.8, 4) is 0 Å². The molecular formula is C17H22N2O3S. The number of aliphatic hydroxyl groups is 1. The molecule has 124 valence electrons. The smallest absolute Gasteiger partial charge is 0.232 e. The van der Waals surface area contributed by atoms with Gasteiger partial charge >= 0.3 is 0 Å². The van der Waals surface area contributed by atoms with E-state index in [1.54, 1.807) is 19.1 Å². The molecule has 0 heterocycles. The van der Waals surface area contributed by atoms with Crippen LogP contribution in [-0.2, 0) is 16.6 Å². The molecule has 2 rings (SSSR count). The van der Waals surface area contributed by atoms with Gasteiger partial charge in [-0.1, -0.05) is 24.3 Å². The van der Waals surface area contributed by atoms with Gasteiger partial charge in [-0.15, -0.1) is 0 Å². The largest absolute Gasteiger partial charge is 0.392 e. The van der Waals surface area contributed by atoms with E-state index in [-0.39, 0.29) is 18.4 Å². The van der Waals surface area contributed by atoms with Crippen LogP contribution in [0.15, 0.2) is 48.5 Å². The zero-order valence-corrected chi connectivity index (χ0v) is 14.1. The third-order valence-corrected chi connectivity index (χ3v) is 4.86. The van der Waals surface area contributed by atoms with Gasteiger partial charge in [-0.2, -0.15) is 0 Å². The fraction of sp³-hybridized carbons (Fsp3) is 0.294. The van der Waals surface area contributed by atoms with Crippen LogP contribution in [0.3, 0.4) is 0 Å². The Balaban J connectivity index is 2.05. The first-order chi connectivity index (χ1) is 10.9. The van der Waals surface area contributed by atoms with E-state index in [4.69, 9.17) is 0 Å². The van der Waals surface area contributed by atoms with Crippen LogP contribution in [-0.4, -0.2) is 19.3 Å². The third kappa shape index (κ3) is 4.97. The maximum Gasteiger partial charge on any atom is 0.232 e. The molecule has 0 saturated carbocycles. The topological polar surface area (TPSA) is 78.4 Å². The first kappa shape index (κ1) is 17.3. The van der Waals surface area contributed by atoms with Crippen molar-refractivity contribution < 1.29 is 13.5 Å². The average molecular weight is 334 g/mol. The number of benzene rings is 2. The van der Waals surface area contributed by atoms with E-state index in [1.807, 2.05) is 43.3 Å². The van der Waals surface area contributed by atoms with E-state index in [0.717, 1.165) is 16.8 Å². The summed E-state index contributed by atoms with van der Waals surface area (Å²) in [7, 11) is -3.25. The maximum absolute atomic E-state index is 11.5. The summed E-state index contributed by atoms with van der Waals surface area (Å²) in [6.45, 7) is 3.65. The molecule has 0 spiro atoms. The second-order valence-corrected chi connectivity index (χ2v) is 7.36. The summed E-state index contributed by atoms with van der Waals surface area (Å²) in [5.74, 6) is 0.0469. The molecule has 6 heteroatoms. The summed E-state index contributed by atoms with van der Waals surface area (Å²) in [6.07, 6.45) is 0. The van der Waals surface area contributed by atoms with Gasteiger partial charge < -0.3 is 10.4 Å². The van der Waals surface area contributed by atoms with E-state index >= 15 is 0 Å². The molecule has 23 heavy (non-hydrogen) atoms. The molecule has 0 bridgehead atoms. The van der Waals surface area contributed by atoms with Crippen molar-refractivity contribution in [2.24, 2.45) is 0 Å². The highest BCUT2D eigenvalue weighted by Gasteiger charge is 2.08. The minimum absolute atomic E-state index is 0.0207. The van der Waals surface area contributed by atoms with E-state index in [0.29, 0.717) is 5.69 Å². The Hall–Kier alpha value is -2.05. The first-order valence-corrected chi connectivity index (χ1v) is 9.15. The molecule has 3 N–H and O–H groups in total. The van der Waals surface area contributed by atoms with Crippen LogP contribution in [0.1, 0.15) is 31.0 Å². The molecule has 2 aromatic rings. The molecule has 0 aliphatic rings. The minimum Gasteiger partial charge on any atom is -0.392 e. The first-order valence-electron chi connectivity index (χ1n) is 7.50. The quantitative estimate of drug-likeness (QED) is 0.727. The predicted molar refractivity (Wildman–Crippen MR) is 93.9 cm³/mol. The van der Waals surface area contributed by atoms with Crippen molar-refractivity contribution in [2.45, 2.75) is 26.5 Å². The molecule has 0 aromatic heterocycles. The average Bonchev–Trinajstić information content (AvgIpc) is 2.56. The van der Waals surface area contributed by atoms with Crippen LogP contribution in [0, 0.1) is 0 Å². The van der Waals surface area contributed by atoms with Crippen molar-refractivity contribution in [3.05, 3.63) is 59.7 Å². The second-order valence-electron chi connectivity index (χ2n) is 5.35. The van der Waals surface area contributed by atoms with Crippen molar-refractivity contribution in [1.29, 1.82) is 0 Å². The van der Waals surface area contributed by atoms with Gasteiger partial charge in [0.1, 0.15) is 0 Å². The Morgan fingerprint density at radius 3 is 2.35 bits per heavy atom. The lowest BCUT2D eigenvalue weighted by molar-refractivity contribution is 0.281. The Kier molecular flexibility index (Phi) is 5.63. The standard InChI is InChI=1S/C17H22N2O3S/c1-3-23(21,22)19-17-9-7-16(8-10-17)18-13(2)15-6-4-5-14(11-15)12-20/h4-11,13,18-20H,3,12H2,1-2H3. The summed E-state index contributed by atoms with van der Waals surface area (Å²) in [6, 6.07) is 15.0. The predicted octanol–water partition coefficient (Wildman–Crippen LogP) is 3.11. The number of hydrogen-bond acceptors (Lipinski definition) is 4. The summed E-state index contributed by atoms with van der Waals surface area (Å²) >= 11 is 0. The summed E-state index contributed by atoms with van der Waals surface area (Å²) < 4.78 is 25.6. The van der Waals surface area contributed by atoms with Crippen LogP contribution in [0.4, 0.5) is 11.4 Å². The molecule has 1 unspecified atom stereocenters. The number of nitrogens with one attached hydrogen (secondary N) is 2. The van der Waals surface area contributed by atoms with Gasteiger partial charge in [0.05, 0.1) is 12.4 Å². The van der Waals surface area contributed by atoms with Gasteiger partial charge in [0.25, 0.3) is 0 Å². The zero-order chi connectivity index (χ0) is 16.9. The summed E-state index contributed by atoms with van der Waals surface area (Å²) in [4.78, 5) is 0. The Morgan fingerprint density at radius 1 is 1.09 bits per heavy atom. The molecule has 0 radical (unpaired) electrons. The fourth-order valence-electron chi connectivity index (χ4n) is 2.18. The SMILES string of the molecule is CCS(=O)(=O)Nc1ccc(NC(C)c2cccc(CO)c2)cc1. The van der Waals surface area contributed by atoms with Gasteiger partial charge in [0.15, 0.2) is 0 Å². The van der Waals surface area contributed by atoms with Gasteiger partial charge in [-0.05, 0) is 49.2 Å². The molecule has 5 nitrogen and oxygen atoms in total. The Bertz CT molecular complexity index is 743. The Morgan fingerprint density at radius 2 is 1.74 bits per heavy atom. The third-order valence-electron chi connectivity index (χ3n) is 3.56. The van der Waals surface area contributed by atoms with Crippen LogP contribution >= 0.6 is 0 Å². The lowest BCUT2D eigenvalue weighted by Crippen LogP contribution is -2.14. The maximum atomic E-state index is 11.5. The highest BCUT2D eigenvalue weighted by atomic mass is 32.2. The highest BCUT2D eigenvalue weighted by Crippen LogP contribution is 2.22. The molecule has 1 atom stereocenters. The van der Waals surface area contributed by atoms with Crippen LogP contribution in [0.25, 0.3) is 0 Å². The second kappa shape index (κ2) is 7.48. The monoisotopic (exact) mass is 334 g/mol. The Labute approximate surface area is 137 Å². The number of anilines is 2. The molecule has 0 saturated heterocycles. The zero-order valence-electron chi connectivity index (χ0n) is 13.3. The number of rotatable bonds is 7. The van der Waals surface area contributed by atoms with Crippen molar-refractivity contribution in [1.82, 2.24) is 0 Å². The number of sulfonamides is 1. The molecule has 0 amide bonds. The fourth-order valence-corrected chi connectivity index (χ4v) is 2.82. The molecule has 0 aliphatic carbocycles.